The van der Waals surface area contributed by atoms with Gasteiger partial charge in [-0.15, -0.1) is 23.7 Å². The van der Waals surface area contributed by atoms with Gasteiger partial charge in [0.25, 0.3) is 0 Å². The van der Waals surface area contributed by atoms with Crippen molar-refractivity contribution in [3.8, 4) is 0 Å². The van der Waals surface area contributed by atoms with Crippen LogP contribution in [0.15, 0.2) is 9.98 Å². The summed E-state index contributed by atoms with van der Waals surface area (Å²) in [7, 11) is 0. The minimum Gasteiger partial charge on any atom is -0.315 e. The van der Waals surface area contributed by atoms with Crippen molar-refractivity contribution in [2.45, 2.75) is 5.92 Å². The van der Waals surface area contributed by atoms with E-state index in [-0.39, 0.29) is 12.4 Å². The van der Waals surface area contributed by atoms with Crippen molar-refractivity contribution in [2.75, 3.05) is 13.1 Å². The van der Waals surface area contributed by atoms with Crippen molar-refractivity contribution in [3.63, 3.8) is 0 Å². The number of hydrogen-bond donors (Lipinski definition) is 1. The van der Waals surface area contributed by atoms with Crippen LogP contribution in [0, 0.1) is 0 Å². The Balaban J connectivity index is 0.000000605. The second kappa shape index (κ2) is 3.85. The van der Waals surface area contributed by atoms with Crippen LogP contribution in [0.5, 0.6) is 0 Å². The highest BCUT2D eigenvalue weighted by atomic mass is 79.9. The first-order valence-electron chi connectivity index (χ1n) is 3.18. The second-order valence-corrected chi connectivity index (χ2v) is 4.07. The van der Waals surface area contributed by atoms with Gasteiger partial charge in [0.15, 0.2) is 0 Å². The lowest BCUT2D eigenvalue weighted by Crippen LogP contribution is -2.39. The molecule has 0 bridgehead atoms. The van der Waals surface area contributed by atoms with Crippen LogP contribution >= 0.6 is 39.7 Å². The smallest absolute Gasteiger partial charge is 0.117 e. The Morgan fingerprint density at radius 2 is 2.36 bits per heavy atom. The third-order valence-corrected chi connectivity index (χ3v) is 3.34. The molecule has 0 atom stereocenters. The third-order valence-electron chi connectivity index (χ3n) is 1.62. The van der Waals surface area contributed by atoms with Gasteiger partial charge in [-0.1, -0.05) is 0 Å². The highest BCUT2D eigenvalue weighted by Gasteiger charge is 2.21. The Morgan fingerprint density at radius 1 is 1.64 bits per heavy atom. The molecule has 0 unspecified atom stereocenters. The quantitative estimate of drug-likeness (QED) is 0.830. The van der Waals surface area contributed by atoms with Gasteiger partial charge in [0.05, 0.1) is 5.01 Å². The molecule has 2 nitrogen and oxygen atoms in total. The topological polar surface area (TPSA) is 24.9 Å². The number of nitrogens with one attached hydrogen (secondary N) is 1. The summed E-state index contributed by atoms with van der Waals surface area (Å²) in [6.45, 7) is 2.19. The lowest BCUT2D eigenvalue weighted by Gasteiger charge is -2.24. The maximum atomic E-state index is 4.33. The number of hydrogen-bond acceptors (Lipinski definition) is 3. The van der Waals surface area contributed by atoms with Gasteiger partial charge in [-0.2, -0.15) is 0 Å². The van der Waals surface area contributed by atoms with Crippen molar-refractivity contribution >= 4 is 39.7 Å². The zero-order valence-electron chi connectivity index (χ0n) is 5.71. The van der Waals surface area contributed by atoms with Gasteiger partial charge in [-0.25, -0.2) is 4.98 Å². The van der Waals surface area contributed by atoms with Crippen LogP contribution in [0.3, 0.4) is 0 Å². The molecule has 2 rings (SSSR count). The standard InChI is InChI=1S/C6H7BrN2S.ClH/c7-5-3-10-6(9-5)4-1-8-2-4;/h3-4,8H,1-2H2;1H. The van der Waals surface area contributed by atoms with Gasteiger partial charge < -0.3 is 5.32 Å². The van der Waals surface area contributed by atoms with Crippen LogP contribution in [0.4, 0.5) is 0 Å². The molecule has 11 heavy (non-hydrogen) atoms. The van der Waals surface area contributed by atoms with Gasteiger partial charge in [0.2, 0.25) is 0 Å². The zero-order valence-corrected chi connectivity index (χ0v) is 8.93. The van der Waals surface area contributed by atoms with Gasteiger partial charge in [0, 0.05) is 24.4 Å². The molecule has 1 N–H and O–H groups in total. The Labute approximate surface area is 84.0 Å². The van der Waals surface area contributed by atoms with Crippen molar-refractivity contribution in [1.82, 2.24) is 10.3 Å². The molecule has 0 amide bonds. The number of rotatable bonds is 1. The van der Waals surface area contributed by atoms with Crippen molar-refractivity contribution in [3.05, 3.63) is 15.0 Å². The predicted octanol–water partition coefficient (Wildman–Crippen LogP) is 2.01. The van der Waals surface area contributed by atoms with E-state index >= 15 is 0 Å². The highest BCUT2D eigenvalue weighted by Crippen LogP contribution is 2.25. The minimum absolute atomic E-state index is 0. The maximum absolute atomic E-state index is 4.33. The van der Waals surface area contributed by atoms with E-state index in [0.717, 1.165) is 17.7 Å². The van der Waals surface area contributed by atoms with E-state index in [0.29, 0.717) is 5.92 Å². The number of nitrogens with zero attached hydrogens (tertiary/aromatic N) is 1. The van der Waals surface area contributed by atoms with E-state index in [1.165, 1.54) is 5.01 Å². The minimum atomic E-state index is 0. The number of aromatic nitrogens is 1. The molecule has 62 valence electrons. The Bertz CT molecular complexity index is 236. The fourth-order valence-corrected chi connectivity index (χ4v) is 2.29. The fraction of sp³-hybridized carbons (Fsp3) is 0.500. The summed E-state index contributed by atoms with van der Waals surface area (Å²) in [5.74, 6) is 0.677. The Kier molecular flexibility index (Phi) is 3.30. The Hall–Kier alpha value is 0.360. The van der Waals surface area contributed by atoms with E-state index in [9.17, 15) is 0 Å². The summed E-state index contributed by atoms with van der Waals surface area (Å²) in [4.78, 5) is 4.33. The second-order valence-electron chi connectivity index (χ2n) is 2.36. The summed E-state index contributed by atoms with van der Waals surface area (Å²) >= 11 is 5.07. The molecule has 0 radical (unpaired) electrons. The van der Waals surface area contributed by atoms with Crippen molar-refractivity contribution in [1.29, 1.82) is 0 Å². The molecule has 1 aliphatic rings. The van der Waals surface area contributed by atoms with Crippen molar-refractivity contribution < 1.29 is 0 Å². The van der Waals surface area contributed by atoms with Crippen LogP contribution in [-0.4, -0.2) is 18.1 Å². The molecule has 0 aromatic carbocycles. The van der Waals surface area contributed by atoms with E-state index in [1.807, 2.05) is 5.38 Å². The highest BCUT2D eigenvalue weighted by molar-refractivity contribution is 9.10. The lowest BCUT2D eigenvalue weighted by molar-refractivity contribution is 0.446. The zero-order chi connectivity index (χ0) is 6.97. The summed E-state index contributed by atoms with van der Waals surface area (Å²) in [6, 6.07) is 0. The molecule has 1 saturated heterocycles. The first-order valence-corrected chi connectivity index (χ1v) is 4.85. The van der Waals surface area contributed by atoms with E-state index < -0.39 is 0 Å². The predicted molar refractivity (Wildman–Crippen MR) is 52.7 cm³/mol. The normalized spacial score (nSPS) is 17.2. The van der Waals surface area contributed by atoms with Gasteiger partial charge in [-0.05, 0) is 15.9 Å². The molecular formula is C6H8BrClN2S. The number of thiazole rings is 1. The molecular weight excluding hydrogens is 248 g/mol. The summed E-state index contributed by atoms with van der Waals surface area (Å²) in [5.41, 5.74) is 0. The number of halogens is 2. The van der Waals surface area contributed by atoms with Crippen LogP contribution in [0.2, 0.25) is 0 Å². The van der Waals surface area contributed by atoms with E-state index in [4.69, 9.17) is 0 Å². The van der Waals surface area contributed by atoms with Crippen LogP contribution in [0.1, 0.15) is 10.9 Å². The molecule has 0 spiro atoms. The molecule has 1 fully saturated rings. The molecule has 5 heteroatoms. The monoisotopic (exact) mass is 254 g/mol. The van der Waals surface area contributed by atoms with Crippen LogP contribution < -0.4 is 5.32 Å². The first kappa shape index (κ1) is 9.45. The van der Waals surface area contributed by atoms with Crippen molar-refractivity contribution in [2.24, 2.45) is 0 Å². The van der Waals surface area contributed by atoms with Crippen LogP contribution in [-0.2, 0) is 0 Å². The van der Waals surface area contributed by atoms with Gasteiger partial charge in [-0.3, -0.25) is 0 Å². The van der Waals surface area contributed by atoms with Gasteiger partial charge >= 0.3 is 0 Å². The average Bonchev–Trinajstić information content (AvgIpc) is 2.10. The summed E-state index contributed by atoms with van der Waals surface area (Å²) < 4.78 is 0.972. The fourth-order valence-electron chi connectivity index (χ4n) is 0.918. The van der Waals surface area contributed by atoms with E-state index in [1.54, 1.807) is 11.3 Å². The SMILES string of the molecule is Brc1csc(C2CNC2)n1.Cl. The third kappa shape index (κ3) is 1.93. The molecule has 2 heterocycles. The average molecular weight is 256 g/mol. The largest absolute Gasteiger partial charge is 0.315 e. The molecule has 1 aromatic heterocycles. The molecule has 0 aliphatic carbocycles. The van der Waals surface area contributed by atoms with Gasteiger partial charge in [0.1, 0.15) is 4.60 Å². The Morgan fingerprint density at radius 3 is 2.73 bits per heavy atom. The summed E-state index contributed by atoms with van der Waals surface area (Å²) in [6.07, 6.45) is 0. The van der Waals surface area contributed by atoms with E-state index in [2.05, 4.69) is 26.2 Å². The lowest BCUT2D eigenvalue weighted by atomic mass is 10.1. The molecule has 0 saturated carbocycles. The molecule has 1 aromatic rings. The maximum Gasteiger partial charge on any atom is 0.117 e. The van der Waals surface area contributed by atoms with Crippen LogP contribution in [0.25, 0.3) is 0 Å². The summed E-state index contributed by atoms with van der Waals surface area (Å²) in [5, 5.41) is 6.51. The molecule has 1 aliphatic heterocycles. The first-order chi connectivity index (χ1) is 4.86.